The molecule has 100 valence electrons. The molecule has 1 unspecified atom stereocenters. The Morgan fingerprint density at radius 3 is 2.68 bits per heavy atom. The van der Waals surface area contributed by atoms with Gasteiger partial charge in [-0.05, 0) is 49.1 Å². The first-order chi connectivity index (χ1) is 9.04. The molecule has 0 spiro atoms. The van der Waals surface area contributed by atoms with E-state index >= 15 is 0 Å². The molecule has 0 aromatic heterocycles. The Bertz CT molecular complexity index is 568. The van der Waals surface area contributed by atoms with Crippen molar-refractivity contribution in [3.63, 3.8) is 0 Å². The van der Waals surface area contributed by atoms with Crippen molar-refractivity contribution in [3.05, 3.63) is 69.4 Å². The van der Waals surface area contributed by atoms with Crippen molar-refractivity contribution in [2.75, 3.05) is 0 Å². The van der Waals surface area contributed by atoms with Crippen LogP contribution in [-0.2, 0) is 12.8 Å². The third kappa shape index (κ3) is 4.15. The van der Waals surface area contributed by atoms with E-state index in [0.29, 0.717) is 12.8 Å². The molecule has 0 heterocycles. The van der Waals surface area contributed by atoms with Crippen LogP contribution in [0.1, 0.15) is 16.7 Å². The summed E-state index contributed by atoms with van der Waals surface area (Å²) in [6, 6.07) is 12.6. The molecule has 0 amide bonds. The van der Waals surface area contributed by atoms with E-state index < -0.39 is 6.10 Å². The first kappa shape index (κ1) is 14.2. The van der Waals surface area contributed by atoms with Gasteiger partial charge in [0.25, 0.3) is 0 Å². The number of aliphatic hydroxyl groups is 1. The fourth-order valence-electron chi connectivity index (χ4n) is 2.14. The number of hydrogen-bond acceptors (Lipinski definition) is 1. The monoisotopic (exact) mass is 322 g/mol. The number of benzene rings is 2. The highest BCUT2D eigenvalue weighted by Gasteiger charge is 2.10. The Morgan fingerprint density at radius 1 is 1.16 bits per heavy atom. The summed E-state index contributed by atoms with van der Waals surface area (Å²) in [5.41, 5.74) is 3.07. The van der Waals surface area contributed by atoms with Crippen molar-refractivity contribution >= 4 is 15.9 Å². The zero-order chi connectivity index (χ0) is 13.8. The van der Waals surface area contributed by atoms with Crippen LogP contribution in [0.3, 0.4) is 0 Å². The number of hydrogen-bond donors (Lipinski definition) is 1. The van der Waals surface area contributed by atoms with E-state index in [4.69, 9.17) is 0 Å². The Hall–Kier alpha value is -1.19. The van der Waals surface area contributed by atoms with E-state index in [9.17, 15) is 9.50 Å². The molecule has 0 saturated heterocycles. The molecule has 2 aromatic carbocycles. The van der Waals surface area contributed by atoms with Gasteiger partial charge in [0.2, 0.25) is 0 Å². The molecule has 19 heavy (non-hydrogen) atoms. The zero-order valence-electron chi connectivity index (χ0n) is 10.7. The minimum absolute atomic E-state index is 0.277. The number of rotatable bonds is 4. The maximum absolute atomic E-state index is 13.2. The average molecular weight is 323 g/mol. The smallest absolute Gasteiger partial charge is 0.123 e. The molecular formula is C16H16BrFO. The lowest BCUT2D eigenvalue weighted by molar-refractivity contribution is 0.175. The summed E-state index contributed by atoms with van der Waals surface area (Å²) in [7, 11) is 0. The lowest BCUT2D eigenvalue weighted by atomic mass is 10.0. The molecule has 0 aliphatic heterocycles. The van der Waals surface area contributed by atoms with E-state index in [2.05, 4.69) is 22.0 Å². The van der Waals surface area contributed by atoms with Gasteiger partial charge in [-0.3, -0.25) is 0 Å². The summed E-state index contributed by atoms with van der Waals surface area (Å²) in [6.45, 7) is 2.03. The van der Waals surface area contributed by atoms with E-state index in [0.717, 1.165) is 15.6 Å². The summed E-state index contributed by atoms with van der Waals surface area (Å²) < 4.78 is 14.0. The van der Waals surface area contributed by atoms with Crippen molar-refractivity contribution in [2.24, 2.45) is 0 Å². The molecule has 0 aliphatic carbocycles. The predicted octanol–water partition coefficient (Wildman–Crippen LogP) is 4.04. The molecule has 1 atom stereocenters. The summed E-state index contributed by atoms with van der Waals surface area (Å²) in [5, 5.41) is 10.1. The van der Waals surface area contributed by atoms with Crippen molar-refractivity contribution in [1.82, 2.24) is 0 Å². The van der Waals surface area contributed by atoms with Gasteiger partial charge in [0.1, 0.15) is 5.82 Å². The van der Waals surface area contributed by atoms with Crippen LogP contribution in [-0.4, -0.2) is 11.2 Å². The minimum Gasteiger partial charge on any atom is -0.392 e. The highest BCUT2D eigenvalue weighted by molar-refractivity contribution is 9.10. The maximum atomic E-state index is 13.2. The van der Waals surface area contributed by atoms with Crippen molar-refractivity contribution in [3.8, 4) is 0 Å². The maximum Gasteiger partial charge on any atom is 0.123 e. The van der Waals surface area contributed by atoms with Crippen LogP contribution < -0.4 is 0 Å². The van der Waals surface area contributed by atoms with Crippen molar-refractivity contribution in [2.45, 2.75) is 25.9 Å². The molecule has 0 radical (unpaired) electrons. The first-order valence-electron chi connectivity index (χ1n) is 6.22. The first-order valence-corrected chi connectivity index (χ1v) is 7.01. The Kier molecular flexibility index (Phi) is 4.72. The Balaban J connectivity index is 2.05. The molecule has 0 aliphatic rings. The van der Waals surface area contributed by atoms with Gasteiger partial charge < -0.3 is 5.11 Å². The molecule has 3 heteroatoms. The normalized spacial score (nSPS) is 12.4. The van der Waals surface area contributed by atoms with Gasteiger partial charge in [-0.25, -0.2) is 4.39 Å². The van der Waals surface area contributed by atoms with Crippen LogP contribution in [0.4, 0.5) is 4.39 Å². The summed E-state index contributed by atoms with van der Waals surface area (Å²) in [5.74, 6) is -0.277. The van der Waals surface area contributed by atoms with Crippen LogP contribution >= 0.6 is 15.9 Å². The summed E-state index contributed by atoms with van der Waals surface area (Å²) >= 11 is 3.38. The van der Waals surface area contributed by atoms with Crippen LogP contribution in [0.15, 0.2) is 46.9 Å². The predicted molar refractivity (Wildman–Crippen MR) is 78.7 cm³/mol. The molecule has 0 saturated carbocycles. The minimum atomic E-state index is -0.514. The van der Waals surface area contributed by atoms with Crippen LogP contribution in [0.2, 0.25) is 0 Å². The molecule has 2 aromatic rings. The van der Waals surface area contributed by atoms with Gasteiger partial charge in [-0.15, -0.1) is 0 Å². The van der Waals surface area contributed by atoms with Gasteiger partial charge in [-0.1, -0.05) is 45.8 Å². The second kappa shape index (κ2) is 6.31. The zero-order valence-corrected chi connectivity index (χ0v) is 12.3. The Labute approximate surface area is 121 Å². The van der Waals surface area contributed by atoms with Gasteiger partial charge in [0.15, 0.2) is 0 Å². The van der Waals surface area contributed by atoms with E-state index in [1.807, 2.05) is 25.1 Å². The third-order valence-corrected chi connectivity index (χ3v) is 3.79. The van der Waals surface area contributed by atoms with E-state index in [1.165, 1.54) is 17.7 Å². The standard InChI is InChI=1S/C16H16BrFO/c1-11-3-2-4-12(7-11)8-15(19)10-13-9-14(18)5-6-16(13)17/h2-7,9,15,19H,8,10H2,1H3. The van der Waals surface area contributed by atoms with Gasteiger partial charge >= 0.3 is 0 Å². The van der Waals surface area contributed by atoms with E-state index in [1.54, 1.807) is 6.07 Å². The molecular weight excluding hydrogens is 307 g/mol. The lowest BCUT2D eigenvalue weighted by Crippen LogP contribution is -2.14. The number of halogens is 2. The van der Waals surface area contributed by atoms with Gasteiger partial charge in [0, 0.05) is 4.47 Å². The Morgan fingerprint density at radius 2 is 1.95 bits per heavy atom. The largest absolute Gasteiger partial charge is 0.392 e. The highest BCUT2D eigenvalue weighted by atomic mass is 79.9. The summed E-state index contributed by atoms with van der Waals surface area (Å²) in [6.07, 6.45) is 0.497. The average Bonchev–Trinajstić information content (AvgIpc) is 2.34. The fraction of sp³-hybridized carbons (Fsp3) is 0.250. The number of aryl methyl sites for hydroxylation is 1. The molecule has 0 bridgehead atoms. The molecule has 1 nitrogen and oxygen atoms in total. The number of aliphatic hydroxyl groups excluding tert-OH is 1. The van der Waals surface area contributed by atoms with Crippen molar-refractivity contribution < 1.29 is 9.50 Å². The fourth-order valence-corrected chi connectivity index (χ4v) is 2.55. The van der Waals surface area contributed by atoms with Gasteiger partial charge in [0.05, 0.1) is 6.10 Å². The third-order valence-electron chi connectivity index (χ3n) is 3.02. The highest BCUT2D eigenvalue weighted by Crippen LogP contribution is 2.20. The van der Waals surface area contributed by atoms with E-state index in [-0.39, 0.29) is 5.82 Å². The van der Waals surface area contributed by atoms with Crippen LogP contribution in [0.25, 0.3) is 0 Å². The second-order valence-corrected chi connectivity index (χ2v) is 5.64. The van der Waals surface area contributed by atoms with Gasteiger partial charge in [-0.2, -0.15) is 0 Å². The molecule has 0 fully saturated rings. The molecule has 2 rings (SSSR count). The summed E-state index contributed by atoms with van der Waals surface area (Å²) in [4.78, 5) is 0. The van der Waals surface area contributed by atoms with Crippen LogP contribution in [0.5, 0.6) is 0 Å². The quantitative estimate of drug-likeness (QED) is 0.900. The van der Waals surface area contributed by atoms with Crippen molar-refractivity contribution in [1.29, 1.82) is 0 Å². The molecule has 1 N–H and O–H groups in total. The second-order valence-electron chi connectivity index (χ2n) is 4.79. The lowest BCUT2D eigenvalue weighted by Gasteiger charge is -2.12. The SMILES string of the molecule is Cc1cccc(CC(O)Cc2cc(F)ccc2Br)c1. The topological polar surface area (TPSA) is 20.2 Å². The van der Waals surface area contributed by atoms with Crippen LogP contribution in [0, 0.1) is 12.7 Å².